The molecule has 9 heteroatoms. The van der Waals surface area contributed by atoms with Crippen LogP contribution in [0.25, 0.3) is 17.1 Å². The van der Waals surface area contributed by atoms with E-state index in [2.05, 4.69) is 20.6 Å². The van der Waals surface area contributed by atoms with Crippen molar-refractivity contribution >= 4 is 23.5 Å². The summed E-state index contributed by atoms with van der Waals surface area (Å²) >= 11 is 1.26. The first-order chi connectivity index (χ1) is 15.8. The third-order valence-corrected chi connectivity index (χ3v) is 6.15. The minimum absolute atomic E-state index is 0.117. The summed E-state index contributed by atoms with van der Waals surface area (Å²) in [5, 5.41) is 15.8. The van der Waals surface area contributed by atoms with E-state index in [0.717, 1.165) is 11.3 Å². The van der Waals surface area contributed by atoms with Gasteiger partial charge in [-0.1, -0.05) is 41.6 Å². The summed E-state index contributed by atoms with van der Waals surface area (Å²) < 4.78 is 18.1. The summed E-state index contributed by atoms with van der Waals surface area (Å²) in [7, 11) is 0. The lowest BCUT2D eigenvalue weighted by Gasteiger charge is -2.16. The fourth-order valence-corrected chi connectivity index (χ4v) is 4.22. The van der Waals surface area contributed by atoms with Crippen LogP contribution in [0.3, 0.4) is 0 Å². The monoisotopic (exact) mass is 464 g/mol. The third-order valence-electron chi connectivity index (χ3n) is 5.10. The van der Waals surface area contributed by atoms with Crippen LogP contribution in [-0.2, 0) is 4.79 Å². The second-order valence-electron chi connectivity index (χ2n) is 7.96. The Morgan fingerprint density at radius 1 is 1.03 bits per heavy atom. The van der Waals surface area contributed by atoms with Crippen LogP contribution in [0, 0.1) is 12.7 Å². The van der Waals surface area contributed by atoms with Crippen molar-refractivity contribution in [1.82, 2.24) is 24.5 Å². The molecular weight excluding hydrogens is 439 g/mol. The van der Waals surface area contributed by atoms with Crippen molar-refractivity contribution in [2.24, 2.45) is 0 Å². The first-order valence-electron chi connectivity index (χ1n) is 10.6. The number of carbonyl (C=O) groups is 1. The molecule has 0 aliphatic carbocycles. The van der Waals surface area contributed by atoms with E-state index in [1.165, 1.54) is 17.8 Å². The Balaban J connectivity index is 1.66. The molecule has 4 rings (SSSR count). The standard InChI is InChI=1S/C24H25FN6OS/c1-15(2)31-21(13-14-26-31)27-23(32)17(4)33-24-29-28-22(19-7-5-6-8-20(19)25)30(24)18-11-9-16(3)10-12-18/h5-15,17H,1-4H3,(H,27,32). The molecule has 170 valence electrons. The van der Waals surface area contributed by atoms with E-state index in [1.54, 1.807) is 46.6 Å². The number of benzene rings is 2. The number of nitrogens with one attached hydrogen (secondary N) is 1. The van der Waals surface area contributed by atoms with Crippen molar-refractivity contribution in [1.29, 1.82) is 0 Å². The molecule has 7 nitrogen and oxygen atoms in total. The Morgan fingerprint density at radius 3 is 2.45 bits per heavy atom. The summed E-state index contributed by atoms with van der Waals surface area (Å²) in [6.07, 6.45) is 1.65. The molecule has 0 spiro atoms. The van der Waals surface area contributed by atoms with Gasteiger partial charge < -0.3 is 5.32 Å². The second-order valence-corrected chi connectivity index (χ2v) is 9.27. The SMILES string of the molecule is Cc1ccc(-n2c(SC(C)C(=O)Nc3ccnn3C(C)C)nnc2-c2ccccc2F)cc1. The number of hydrogen-bond acceptors (Lipinski definition) is 5. The fourth-order valence-electron chi connectivity index (χ4n) is 3.35. The van der Waals surface area contributed by atoms with Gasteiger partial charge in [-0.05, 0) is 52.0 Å². The van der Waals surface area contributed by atoms with Crippen LogP contribution in [0.2, 0.25) is 0 Å². The molecule has 1 atom stereocenters. The highest BCUT2D eigenvalue weighted by Gasteiger charge is 2.24. The normalized spacial score (nSPS) is 12.2. The summed E-state index contributed by atoms with van der Waals surface area (Å²) in [6, 6.07) is 16.1. The van der Waals surface area contributed by atoms with Crippen molar-refractivity contribution < 1.29 is 9.18 Å². The molecule has 0 radical (unpaired) electrons. The Morgan fingerprint density at radius 2 is 1.76 bits per heavy atom. The zero-order chi connectivity index (χ0) is 23.5. The molecule has 1 unspecified atom stereocenters. The highest BCUT2D eigenvalue weighted by atomic mass is 32.2. The minimum atomic E-state index is -0.484. The molecule has 0 aliphatic rings. The second kappa shape index (κ2) is 9.58. The maximum Gasteiger partial charge on any atom is 0.238 e. The van der Waals surface area contributed by atoms with Gasteiger partial charge in [-0.3, -0.25) is 9.36 Å². The Hall–Kier alpha value is -3.46. The van der Waals surface area contributed by atoms with Gasteiger partial charge in [0.05, 0.1) is 17.0 Å². The van der Waals surface area contributed by atoms with E-state index in [1.807, 2.05) is 45.0 Å². The van der Waals surface area contributed by atoms with Gasteiger partial charge in [0.15, 0.2) is 11.0 Å². The fraction of sp³-hybridized carbons (Fsp3) is 0.250. The van der Waals surface area contributed by atoms with Crippen LogP contribution < -0.4 is 5.32 Å². The number of anilines is 1. The summed E-state index contributed by atoms with van der Waals surface area (Å²) in [5.74, 6) is 0.440. The number of aryl methyl sites for hydroxylation is 1. The lowest BCUT2D eigenvalue weighted by Crippen LogP contribution is -2.25. The van der Waals surface area contributed by atoms with Crippen molar-refractivity contribution in [3.63, 3.8) is 0 Å². The van der Waals surface area contributed by atoms with Crippen LogP contribution >= 0.6 is 11.8 Å². The molecule has 0 saturated heterocycles. The molecular formula is C24H25FN6OS. The number of thioether (sulfide) groups is 1. The summed E-state index contributed by atoms with van der Waals surface area (Å²) in [4.78, 5) is 12.9. The average molecular weight is 465 g/mol. The maximum absolute atomic E-state index is 14.6. The molecule has 1 N–H and O–H groups in total. The third kappa shape index (κ3) is 4.83. The molecule has 1 amide bonds. The van der Waals surface area contributed by atoms with E-state index in [9.17, 15) is 9.18 Å². The van der Waals surface area contributed by atoms with Crippen LogP contribution in [0.5, 0.6) is 0 Å². The van der Waals surface area contributed by atoms with Crippen LogP contribution in [0.15, 0.2) is 66.0 Å². The first kappa shape index (κ1) is 22.7. The Labute approximate surface area is 196 Å². The summed E-state index contributed by atoms with van der Waals surface area (Å²) in [5.41, 5.74) is 2.23. The molecule has 33 heavy (non-hydrogen) atoms. The Kier molecular flexibility index (Phi) is 6.60. The van der Waals surface area contributed by atoms with E-state index in [4.69, 9.17) is 0 Å². The minimum Gasteiger partial charge on any atom is -0.310 e. The van der Waals surface area contributed by atoms with Gasteiger partial charge in [0.25, 0.3) is 0 Å². The smallest absolute Gasteiger partial charge is 0.238 e. The van der Waals surface area contributed by atoms with Crippen LogP contribution in [0.4, 0.5) is 10.2 Å². The number of amides is 1. The van der Waals surface area contributed by atoms with Gasteiger partial charge in [0.1, 0.15) is 11.6 Å². The predicted molar refractivity (Wildman–Crippen MR) is 128 cm³/mol. The van der Waals surface area contributed by atoms with E-state index in [-0.39, 0.29) is 17.8 Å². The summed E-state index contributed by atoms with van der Waals surface area (Å²) in [6.45, 7) is 7.79. The van der Waals surface area contributed by atoms with E-state index < -0.39 is 5.25 Å². The Bertz CT molecular complexity index is 1260. The highest BCUT2D eigenvalue weighted by Crippen LogP contribution is 2.31. The van der Waals surface area contributed by atoms with Crippen molar-refractivity contribution in [3.8, 4) is 17.1 Å². The number of hydrogen-bond donors (Lipinski definition) is 1. The zero-order valence-corrected chi connectivity index (χ0v) is 19.7. The van der Waals surface area contributed by atoms with E-state index in [0.29, 0.717) is 22.4 Å². The molecule has 4 aromatic rings. The number of aromatic nitrogens is 5. The lowest BCUT2D eigenvalue weighted by atomic mass is 10.2. The van der Waals surface area contributed by atoms with Gasteiger partial charge in [-0.25, -0.2) is 9.07 Å². The molecule has 2 aromatic carbocycles. The number of carbonyl (C=O) groups excluding carboxylic acids is 1. The molecule has 0 fully saturated rings. The van der Waals surface area contributed by atoms with Gasteiger partial charge >= 0.3 is 0 Å². The van der Waals surface area contributed by atoms with Gasteiger partial charge in [0, 0.05) is 17.8 Å². The molecule has 2 heterocycles. The highest BCUT2D eigenvalue weighted by molar-refractivity contribution is 8.00. The molecule has 2 aromatic heterocycles. The van der Waals surface area contributed by atoms with Crippen molar-refractivity contribution in [3.05, 3.63) is 72.2 Å². The number of rotatable bonds is 7. The number of nitrogens with zero attached hydrogens (tertiary/aromatic N) is 5. The topological polar surface area (TPSA) is 77.6 Å². The molecule has 0 aliphatic heterocycles. The van der Waals surface area contributed by atoms with Crippen LogP contribution in [0.1, 0.15) is 32.4 Å². The quantitative estimate of drug-likeness (QED) is 0.377. The zero-order valence-electron chi connectivity index (χ0n) is 18.9. The predicted octanol–water partition coefficient (Wildman–Crippen LogP) is 5.28. The van der Waals surface area contributed by atoms with Gasteiger partial charge in [-0.2, -0.15) is 5.10 Å². The molecule has 0 saturated carbocycles. The lowest BCUT2D eigenvalue weighted by molar-refractivity contribution is -0.115. The average Bonchev–Trinajstić information content (AvgIpc) is 3.42. The van der Waals surface area contributed by atoms with E-state index >= 15 is 0 Å². The largest absolute Gasteiger partial charge is 0.310 e. The van der Waals surface area contributed by atoms with Gasteiger partial charge in [0.2, 0.25) is 5.91 Å². The van der Waals surface area contributed by atoms with Crippen LogP contribution in [-0.4, -0.2) is 35.7 Å². The van der Waals surface area contributed by atoms with Crippen molar-refractivity contribution in [2.75, 3.05) is 5.32 Å². The maximum atomic E-state index is 14.6. The molecule has 0 bridgehead atoms. The van der Waals surface area contributed by atoms with Gasteiger partial charge in [-0.15, -0.1) is 10.2 Å². The first-order valence-corrected chi connectivity index (χ1v) is 11.5. The van der Waals surface area contributed by atoms with Crippen molar-refractivity contribution in [2.45, 2.75) is 44.1 Å². The number of halogens is 1.